The molecule has 25 heavy (non-hydrogen) atoms. The fraction of sp³-hybridized carbons (Fsp3) is 0.263. The van der Waals surface area contributed by atoms with Gasteiger partial charge in [-0.25, -0.2) is 5.43 Å². The summed E-state index contributed by atoms with van der Waals surface area (Å²) in [5.74, 6) is 1.05. The molecule has 0 unspecified atom stereocenters. The van der Waals surface area contributed by atoms with Crippen LogP contribution >= 0.6 is 11.6 Å². The molecular formula is C19H21ClN2O3. The number of amides is 1. The normalized spacial score (nSPS) is 10.6. The first kappa shape index (κ1) is 18.8. The zero-order chi connectivity index (χ0) is 17.9. The number of halogens is 1. The Balaban J connectivity index is 1.71. The summed E-state index contributed by atoms with van der Waals surface area (Å²) in [5.41, 5.74) is 3.25. The second-order valence-electron chi connectivity index (χ2n) is 5.31. The number of carbonyl (C=O) groups excluding carboxylic acids is 1. The topological polar surface area (TPSA) is 59.9 Å². The molecule has 0 aliphatic heterocycles. The number of carbonyl (C=O) groups is 1. The van der Waals surface area contributed by atoms with Crippen molar-refractivity contribution in [3.63, 3.8) is 0 Å². The van der Waals surface area contributed by atoms with Crippen molar-refractivity contribution >= 4 is 23.7 Å². The molecule has 132 valence electrons. The molecule has 0 aliphatic carbocycles. The lowest BCUT2D eigenvalue weighted by Crippen LogP contribution is -2.24. The van der Waals surface area contributed by atoms with E-state index in [1.807, 2.05) is 12.1 Å². The average molecular weight is 361 g/mol. The van der Waals surface area contributed by atoms with Gasteiger partial charge >= 0.3 is 0 Å². The van der Waals surface area contributed by atoms with Crippen molar-refractivity contribution in [2.24, 2.45) is 5.10 Å². The van der Waals surface area contributed by atoms with E-state index in [2.05, 4.69) is 17.5 Å². The third-order valence-electron chi connectivity index (χ3n) is 3.23. The average Bonchev–Trinajstić information content (AvgIpc) is 2.63. The second-order valence-corrected chi connectivity index (χ2v) is 5.74. The molecule has 0 bridgehead atoms. The monoisotopic (exact) mass is 360 g/mol. The number of hydrogen-bond donors (Lipinski definition) is 1. The van der Waals surface area contributed by atoms with Gasteiger partial charge in [-0.3, -0.25) is 4.79 Å². The third-order valence-corrected chi connectivity index (χ3v) is 3.49. The van der Waals surface area contributed by atoms with Gasteiger partial charge in [-0.2, -0.15) is 5.10 Å². The number of rotatable bonds is 9. The molecule has 0 spiro atoms. The maximum absolute atomic E-state index is 11.7. The Morgan fingerprint density at radius 1 is 1.08 bits per heavy atom. The van der Waals surface area contributed by atoms with Gasteiger partial charge < -0.3 is 9.47 Å². The number of hydrazone groups is 1. The molecule has 0 heterocycles. The van der Waals surface area contributed by atoms with Crippen LogP contribution < -0.4 is 14.9 Å². The number of nitrogens with zero attached hydrogens (tertiary/aromatic N) is 1. The van der Waals surface area contributed by atoms with Gasteiger partial charge in [0.05, 0.1) is 12.8 Å². The van der Waals surface area contributed by atoms with Crippen molar-refractivity contribution in [1.82, 2.24) is 5.43 Å². The summed E-state index contributed by atoms with van der Waals surface area (Å²) in [6.45, 7) is 2.70. The molecule has 1 amide bonds. The highest BCUT2D eigenvalue weighted by atomic mass is 35.5. The number of ether oxygens (including phenoxy) is 2. The lowest BCUT2D eigenvalue weighted by molar-refractivity contribution is -0.123. The quantitative estimate of drug-likeness (QED) is 0.417. The summed E-state index contributed by atoms with van der Waals surface area (Å²) in [6, 6.07) is 14.3. The van der Waals surface area contributed by atoms with E-state index in [9.17, 15) is 4.79 Å². The molecular weight excluding hydrogens is 340 g/mol. The first-order valence-corrected chi connectivity index (χ1v) is 8.48. The molecule has 0 fully saturated rings. The number of hydrogen-bond acceptors (Lipinski definition) is 4. The van der Waals surface area contributed by atoms with Crippen LogP contribution in [0.4, 0.5) is 0 Å². The minimum Gasteiger partial charge on any atom is -0.494 e. The van der Waals surface area contributed by atoms with Crippen LogP contribution in [0, 0.1) is 0 Å². The molecule has 0 atom stereocenters. The van der Waals surface area contributed by atoms with Gasteiger partial charge in [-0.1, -0.05) is 37.1 Å². The molecule has 2 aromatic rings. The van der Waals surface area contributed by atoms with E-state index >= 15 is 0 Å². The van der Waals surface area contributed by atoms with Crippen molar-refractivity contribution in [2.75, 3.05) is 13.2 Å². The van der Waals surface area contributed by atoms with Gasteiger partial charge in [-0.15, -0.1) is 0 Å². The fourth-order valence-corrected chi connectivity index (χ4v) is 2.00. The Hall–Kier alpha value is -2.53. The summed E-state index contributed by atoms with van der Waals surface area (Å²) in [4.78, 5) is 11.7. The Kier molecular flexibility index (Phi) is 7.79. The summed E-state index contributed by atoms with van der Waals surface area (Å²) in [5, 5.41) is 4.52. The van der Waals surface area contributed by atoms with Gasteiger partial charge in [0.25, 0.3) is 5.91 Å². The Morgan fingerprint density at radius 3 is 2.36 bits per heavy atom. The smallest absolute Gasteiger partial charge is 0.277 e. The van der Waals surface area contributed by atoms with E-state index in [4.69, 9.17) is 21.1 Å². The predicted molar refractivity (Wildman–Crippen MR) is 99.5 cm³/mol. The molecule has 2 aromatic carbocycles. The molecule has 6 heteroatoms. The predicted octanol–water partition coefficient (Wildman–Crippen LogP) is 4.05. The largest absolute Gasteiger partial charge is 0.494 e. The van der Waals surface area contributed by atoms with Crippen molar-refractivity contribution in [1.29, 1.82) is 0 Å². The van der Waals surface area contributed by atoms with Crippen LogP contribution in [0.15, 0.2) is 53.6 Å². The van der Waals surface area contributed by atoms with Crippen LogP contribution in [0.2, 0.25) is 5.02 Å². The van der Waals surface area contributed by atoms with Crippen molar-refractivity contribution < 1.29 is 14.3 Å². The lowest BCUT2D eigenvalue weighted by atomic mass is 10.2. The van der Waals surface area contributed by atoms with E-state index in [-0.39, 0.29) is 12.5 Å². The van der Waals surface area contributed by atoms with Gasteiger partial charge in [0, 0.05) is 5.02 Å². The van der Waals surface area contributed by atoms with Crippen LogP contribution in [0.25, 0.3) is 0 Å². The Morgan fingerprint density at radius 2 is 1.72 bits per heavy atom. The molecule has 0 radical (unpaired) electrons. The third kappa shape index (κ3) is 7.27. The van der Waals surface area contributed by atoms with Crippen LogP contribution in [0.5, 0.6) is 11.5 Å². The molecule has 0 saturated carbocycles. The molecule has 5 nitrogen and oxygen atoms in total. The maximum atomic E-state index is 11.7. The minimum absolute atomic E-state index is 0.117. The van der Waals surface area contributed by atoms with E-state index in [0.29, 0.717) is 17.4 Å². The first-order chi connectivity index (χ1) is 12.2. The van der Waals surface area contributed by atoms with E-state index in [0.717, 1.165) is 24.2 Å². The first-order valence-electron chi connectivity index (χ1n) is 8.10. The molecule has 0 saturated heterocycles. The van der Waals surface area contributed by atoms with Gasteiger partial charge in [0.2, 0.25) is 0 Å². The zero-order valence-corrected chi connectivity index (χ0v) is 14.8. The Labute approximate surface area is 152 Å². The van der Waals surface area contributed by atoms with Gasteiger partial charge in [0.15, 0.2) is 6.61 Å². The van der Waals surface area contributed by atoms with Gasteiger partial charge in [-0.05, 0) is 48.4 Å². The molecule has 1 N–H and O–H groups in total. The zero-order valence-electron chi connectivity index (χ0n) is 14.1. The SMILES string of the molecule is CCCCOc1ccc(OCC(=O)N/N=C\c2ccc(Cl)cc2)cc1. The fourth-order valence-electron chi connectivity index (χ4n) is 1.88. The number of benzene rings is 2. The van der Waals surface area contributed by atoms with E-state index in [1.165, 1.54) is 6.21 Å². The van der Waals surface area contributed by atoms with Crippen molar-refractivity contribution in [3.8, 4) is 11.5 Å². The van der Waals surface area contributed by atoms with E-state index < -0.39 is 0 Å². The standard InChI is InChI=1S/C19H21ClN2O3/c1-2-3-12-24-17-8-10-18(11-9-17)25-14-19(23)22-21-13-15-4-6-16(20)7-5-15/h4-11,13H,2-3,12,14H2,1H3,(H,22,23)/b21-13-. The van der Waals surface area contributed by atoms with Crippen LogP contribution in [0.3, 0.4) is 0 Å². The van der Waals surface area contributed by atoms with Crippen molar-refractivity contribution in [3.05, 3.63) is 59.1 Å². The summed E-state index contributed by atoms with van der Waals surface area (Å²) >= 11 is 5.80. The van der Waals surface area contributed by atoms with E-state index in [1.54, 1.807) is 36.4 Å². The molecule has 0 aliphatic rings. The van der Waals surface area contributed by atoms with Crippen LogP contribution in [-0.2, 0) is 4.79 Å². The van der Waals surface area contributed by atoms with Crippen LogP contribution in [-0.4, -0.2) is 25.3 Å². The number of nitrogens with one attached hydrogen (secondary N) is 1. The number of unbranched alkanes of at least 4 members (excludes halogenated alkanes) is 1. The van der Waals surface area contributed by atoms with Gasteiger partial charge in [0.1, 0.15) is 11.5 Å². The summed E-state index contributed by atoms with van der Waals surface area (Å²) in [7, 11) is 0. The highest BCUT2D eigenvalue weighted by molar-refractivity contribution is 6.30. The Bertz CT molecular complexity index is 685. The van der Waals surface area contributed by atoms with Crippen molar-refractivity contribution in [2.45, 2.75) is 19.8 Å². The molecule has 2 rings (SSSR count). The molecule has 0 aromatic heterocycles. The lowest BCUT2D eigenvalue weighted by Gasteiger charge is -2.07. The second kappa shape index (κ2) is 10.4. The minimum atomic E-state index is -0.339. The maximum Gasteiger partial charge on any atom is 0.277 e. The summed E-state index contributed by atoms with van der Waals surface area (Å²) in [6.07, 6.45) is 3.66. The highest BCUT2D eigenvalue weighted by Gasteiger charge is 2.02. The highest BCUT2D eigenvalue weighted by Crippen LogP contribution is 2.17. The summed E-state index contributed by atoms with van der Waals surface area (Å²) < 4.78 is 11.0. The van der Waals surface area contributed by atoms with Crippen LogP contribution in [0.1, 0.15) is 25.3 Å².